The summed E-state index contributed by atoms with van der Waals surface area (Å²) in [6.07, 6.45) is 0. The molecule has 5 nitrogen and oxygen atoms in total. The molecule has 0 spiro atoms. The normalized spacial score (nSPS) is 11.9. The fourth-order valence-electron chi connectivity index (χ4n) is 1.55. The topological polar surface area (TPSA) is 80.0 Å². The number of thiophene rings is 1. The smallest absolute Gasteiger partial charge is 0.271 e. The Morgan fingerprint density at radius 3 is 2.89 bits per heavy atom. The number of halogens is 1. The van der Waals surface area contributed by atoms with Crippen molar-refractivity contribution in [1.29, 1.82) is 0 Å². The lowest BCUT2D eigenvalue weighted by Gasteiger charge is -2.13. The van der Waals surface area contributed by atoms with Crippen molar-refractivity contribution < 1.29 is 4.79 Å². The molecule has 0 fully saturated rings. The molecule has 0 saturated heterocycles. The minimum absolute atomic E-state index is 0.105. The molecule has 0 saturated carbocycles. The minimum Gasteiger partial charge on any atom is -0.344 e. The number of aromatic nitrogens is 1. The number of hydrazine groups is 1. The summed E-state index contributed by atoms with van der Waals surface area (Å²) in [7, 11) is 0. The predicted octanol–water partition coefficient (Wildman–Crippen LogP) is 2.57. The molecular formula is C12H13ClN4OS. The van der Waals surface area contributed by atoms with E-state index in [0.717, 1.165) is 5.56 Å². The second-order valence-corrected chi connectivity index (χ2v) is 5.11. The molecule has 1 atom stereocenters. The van der Waals surface area contributed by atoms with E-state index in [1.165, 1.54) is 0 Å². The zero-order valence-electron chi connectivity index (χ0n) is 10.2. The molecular weight excluding hydrogens is 284 g/mol. The first-order valence-corrected chi connectivity index (χ1v) is 6.90. The van der Waals surface area contributed by atoms with Crippen molar-refractivity contribution in [2.45, 2.75) is 13.0 Å². The number of rotatable bonds is 4. The van der Waals surface area contributed by atoms with Crippen LogP contribution >= 0.6 is 22.9 Å². The fourth-order valence-corrected chi connectivity index (χ4v) is 2.50. The number of nitrogens with zero attached hydrogens (tertiary/aromatic N) is 1. The summed E-state index contributed by atoms with van der Waals surface area (Å²) in [5.74, 6) is 5.32. The summed E-state index contributed by atoms with van der Waals surface area (Å²) in [5.41, 5.74) is 3.58. The van der Waals surface area contributed by atoms with Gasteiger partial charge in [0.25, 0.3) is 5.91 Å². The molecule has 1 amide bonds. The second kappa shape index (κ2) is 6.01. The zero-order chi connectivity index (χ0) is 13.8. The van der Waals surface area contributed by atoms with Crippen molar-refractivity contribution in [3.63, 3.8) is 0 Å². The SMILES string of the molecule is CC(NC(=O)c1nc(NN)ccc1Cl)c1ccsc1. The Morgan fingerprint density at radius 1 is 1.47 bits per heavy atom. The van der Waals surface area contributed by atoms with Crippen molar-refractivity contribution in [3.05, 3.63) is 45.2 Å². The fraction of sp³-hybridized carbons (Fsp3) is 0.167. The molecule has 2 aromatic heterocycles. The maximum absolute atomic E-state index is 12.1. The van der Waals surface area contributed by atoms with Gasteiger partial charge in [0.1, 0.15) is 11.5 Å². The van der Waals surface area contributed by atoms with Crippen LogP contribution in [0.2, 0.25) is 5.02 Å². The summed E-state index contributed by atoms with van der Waals surface area (Å²) in [4.78, 5) is 16.2. The number of nitrogen functional groups attached to an aromatic ring is 1. The Morgan fingerprint density at radius 2 is 2.26 bits per heavy atom. The first-order chi connectivity index (χ1) is 9.11. The highest BCUT2D eigenvalue weighted by atomic mass is 35.5. The molecule has 0 bridgehead atoms. The summed E-state index contributed by atoms with van der Waals surface area (Å²) in [6, 6.07) is 5.03. The highest BCUT2D eigenvalue weighted by Crippen LogP contribution is 2.19. The van der Waals surface area contributed by atoms with Gasteiger partial charge in [0.15, 0.2) is 0 Å². The van der Waals surface area contributed by atoms with Gasteiger partial charge in [-0.1, -0.05) is 11.6 Å². The van der Waals surface area contributed by atoms with Crippen LogP contribution in [-0.4, -0.2) is 10.9 Å². The highest BCUT2D eigenvalue weighted by molar-refractivity contribution is 7.07. The summed E-state index contributed by atoms with van der Waals surface area (Å²) >= 11 is 7.55. The number of carbonyl (C=O) groups is 1. The largest absolute Gasteiger partial charge is 0.344 e. The van der Waals surface area contributed by atoms with E-state index in [2.05, 4.69) is 15.7 Å². The number of amides is 1. The maximum atomic E-state index is 12.1. The number of anilines is 1. The zero-order valence-corrected chi connectivity index (χ0v) is 11.8. The maximum Gasteiger partial charge on any atom is 0.271 e. The molecule has 0 aliphatic heterocycles. The second-order valence-electron chi connectivity index (χ2n) is 3.92. The van der Waals surface area contributed by atoms with Crippen molar-refractivity contribution in [2.24, 2.45) is 5.84 Å². The first kappa shape index (κ1) is 13.8. The third kappa shape index (κ3) is 3.23. The molecule has 100 valence electrons. The number of hydrogen-bond donors (Lipinski definition) is 3. The van der Waals surface area contributed by atoms with Crippen LogP contribution in [0.15, 0.2) is 29.0 Å². The van der Waals surface area contributed by atoms with E-state index in [4.69, 9.17) is 17.4 Å². The van der Waals surface area contributed by atoms with Crippen LogP contribution < -0.4 is 16.6 Å². The van der Waals surface area contributed by atoms with Gasteiger partial charge >= 0.3 is 0 Å². The van der Waals surface area contributed by atoms with Crippen LogP contribution in [-0.2, 0) is 0 Å². The lowest BCUT2D eigenvalue weighted by molar-refractivity contribution is 0.0935. The van der Waals surface area contributed by atoms with Gasteiger partial charge in [0.2, 0.25) is 0 Å². The molecule has 0 aliphatic carbocycles. The molecule has 2 rings (SSSR count). The van der Waals surface area contributed by atoms with Crippen LogP contribution in [0, 0.1) is 0 Å². The van der Waals surface area contributed by atoms with Crippen LogP contribution in [0.25, 0.3) is 0 Å². The molecule has 0 radical (unpaired) electrons. The van der Waals surface area contributed by atoms with E-state index in [1.54, 1.807) is 23.5 Å². The van der Waals surface area contributed by atoms with Crippen molar-refractivity contribution in [3.8, 4) is 0 Å². The van der Waals surface area contributed by atoms with Gasteiger partial charge in [-0.3, -0.25) is 4.79 Å². The quantitative estimate of drug-likeness (QED) is 0.598. The van der Waals surface area contributed by atoms with E-state index in [0.29, 0.717) is 5.82 Å². The van der Waals surface area contributed by atoms with Crippen LogP contribution in [0.3, 0.4) is 0 Å². The van der Waals surface area contributed by atoms with E-state index in [1.807, 2.05) is 23.8 Å². The average Bonchev–Trinajstić information content (AvgIpc) is 2.93. The number of carbonyl (C=O) groups excluding carboxylic acids is 1. The van der Waals surface area contributed by atoms with E-state index in [9.17, 15) is 4.79 Å². The molecule has 7 heteroatoms. The van der Waals surface area contributed by atoms with Gasteiger partial charge in [0.05, 0.1) is 11.1 Å². The lowest BCUT2D eigenvalue weighted by Crippen LogP contribution is -2.27. The van der Waals surface area contributed by atoms with Crippen LogP contribution in [0.5, 0.6) is 0 Å². The molecule has 2 heterocycles. The Hall–Kier alpha value is -1.63. The molecule has 4 N–H and O–H groups in total. The molecule has 0 aliphatic rings. The molecule has 2 aromatic rings. The summed E-state index contributed by atoms with van der Waals surface area (Å²) < 4.78 is 0. The predicted molar refractivity (Wildman–Crippen MR) is 77.3 cm³/mol. The van der Waals surface area contributed by atoms with Crippen molar-refractivity contribution >= 4 is 34.7 Å². The van der Waals surface area contributed by atoms with Gasteiger partial charge in [-0.25, -0.2) is 10.8 Å². The van der Waals surface area contributed by atoms with Gasteiger partial charge in [-0.2, -0.15) is 11.3 Å². The van der Waals surface area contributed by atoms with Crippen molar-refractivity contribution in [2.75, 3.05) is 5.43 Å². The lowest BCUT2D eigenvalue weighted by atomic mass is 10.2. The van der Waals surface area contributed by atoms with Crippen molar-refractivity contribution in [1.82, 2.24) is 10.3 Å². The Bertz CT molecular complexity index is 573. The Kier molecular flexibility index (Phi) is 4.36. The Labute approximate surface area is 119 Å². The standard InChI is InChI=1S/C12H13ClN4OS/c1-7(8-4-5-19-6-8)15-12(18)11-9(13)2-3-10(16-11)17-14/h2-7H,14H2,1H3,(H,15,18)(H,16,17). The molecule has 1 unspecified atom stereocenters. The number of pyridine rings is 1. The first-order valence-electron chi connectivity index (χ1n) is 5.58. The average molecular weight is 297 g/mol. The Balaban J connectivity index is 2.16. The number of hydrogen-bond acceptors (Lipinski definition) is 5. The van der Waals surface area contributed by atoms with E-state index < -0.39 is 0 Å². The van der Waals surface area contributed by atoms with E-state index in [-0.39, 0.29) is 22.7 Å². The minimum atomic E-state index is -0.333. The number of nitrogens with two attached hydrogens (primary N) is 1. The third-order valence-electron chi connectivity index (χ3n) is 2.60. The van der Waals surface area contributed by atoms with Gasteiger partial charge < -0.3 is 10.7 Å². The molecule has 19 heavy (non-hydrogen) atoms. The monoisotopic (exact) mass is 296 g/mol. The van der Waals surface area contributed by atoms with Gasteiger partial charge in [-0.15, -0.1) is 0 Å². The highest BCUT2D eigenvalue weighted by Gasteiger charge is 2.16. The van der Waals surface area contributed by atoms with Gasteiger partial charge in [-0.05, 0) is 41.4 Å². The van der Waals surface area contributed by atoms with E-state index >= 15 is 0 Å². The van der Waals surface area contributed by atoms with Gasteiger partial charge in [0, 0.05) is 0 Å². The summed E-state index contributed by atoms with van der Waals surface area (Å²) in [5, 5.41) is 7.07. The number of nitrogens with one attached hydrogen (secondary N) is 2. The van der Waals surface area contributed by atoms with Crippen LogP contribution in [0.4, 0.5) is 5.82 Å². The van der Waals surface area contributed by atoms with Crippen LogP contribution in [0.1, 0.15) is 29.0 Å². The third-order valence-corrected chi connectivity index (χ3v) is 3.61. The molecule has 0 aromatic carbocycles. The summed E-state index contributed by atoms with van der Waals surface area (Å²) in [6.45, 7) is 1.90.